The highest BCUT2D eigenvalue weighted by molar-refractivity contribution is 5.66. The number of carboxylic acid groups (broad SMARTS) is 1. The summed E-state index contributed by atoms with van der Waals surface area (Å²) in [6.07, 6.45) is -0.0137. The van der Waals surface area contributed by atoms with Crippen LogP contribution in [0.1, 0.15) is 17.8 Å². The van der Waals surface area contributed by atoms with Crippen LogP contribution in [0.4, 0.5) is 0 Å². The van der Waals surface area contributed by atoms with Crippen molar-refractivity contribution in [1.82, 2.24) is 4.98 Å². The number of pyridine rings is 1. The van der Waals surface area contributed by atoms with E-state index in [1.54, 1.807) is 12.1 Å². The molecule has 9 heteroatoms. The highest BCUT2D eigenvalue weighted by Crippen LogP contribution is 2.14. The molecule has 0 saturated heterocycles. The van der Waals surface area contributed by atoms with Crippen LogP contribution < -0.4 is 4.74 Å². The number of hydrogen-bond donors (Lipinski definition) is 3. The quantitative estimate of drug-likeness (QED) is 0.370. The van der Waals surface area contributed by atoms with Gasteiger partial charge in [0.1, 0.15) is 12.4 Å². The molecule has 1 aromatic heterocycles. The number of aliphatic hydroxyl groups excluding tert-OH is 2. The Balaban J connectivity index is 1.99. The minimum absolute atomic E-state index is 0.0137. The largest absolute Gasteiger partial charge is 0.491 e. The summed E-state index contributed by atoms with van der Waals surface area (Å²) in [5, 5.41) is 26.6. The second-order valence-corrected chi connectivity index (χ2v) is 4.93. The molecule has 0 bridgehead atoms. The van der Waals surface area contributed by atoms with Crippen molar-refractivity contribution in [2.24, 2.45) is 0 Å². The molecule has 0 unspecified atom stereocenters. The van der Waals surface area contributed by atoms with Crippen molar-refractivity contribution in [2.45, 2.75) is 19.6 Å². The van der Waals surface area contributed by atoms with Crippen molar-refractivity contribution in [1.29, 1.82) is 0 Å². The van der Waals surface area contributed by atoms with Crippen molar-refractivity contribution < 1.29 is 39.1 Å². The van der Waals surface area contributed by atoms with Gasteiger partial charge in [-0.25, -0.2) is 0 Å². The number of ether oxygens (including phenoxy) is 4. The van der Waals surface area contributed by atoms with E-state index >= 15 is 0 Å². The summed E-state index contributed by atoms with van der Waals surface area (Å²) < 4.78 is 21.2. The van der Waals surface area contributed by atoms with Gasteiger partial charge in [-0.05, 0) is 0 Å². The van der Waals surface area contributed by atoms with Crippen molar-refractivity contribution in [3.05, 3.63) is 23.5 Å². The van der Waals surface area contributed by atoms with Crippen LogP contribution in [0.2, 0.25) is 0 Å². The zero-order valence-corrected chi connectivity index (χ0v) is 14.1. The summed E-state index contributed by atoms with van der Waals surface area (Å²) in [4.78, 5) is 14.3. The number of aliphatic carboxylic acids is 1. The lowest BCUT2D eigenvalue weighted by molar-refractivity contribution is -0.138. The van der Waals surface area contributed by atoms with Crippen LogP contribution in [0.25, 0.3) is 0 Å². The molecule has 0 aliphatic rings. The Labute approximate surface area is 146 Å². The van der Waals surface area contributed by atoms with Crippen LogP contribution >= 0.6 is 0 Å². The minimum Gasteiger partial charge on any atom is -0.491 e. The summed E-state index contributed by atoms with van der Waals surface area (Å²) in [6, 6.07) is 3.21. The lowest BCUT2D eigenvalue weighted by Crippen LogP contribution is -2.13. The molecule has 0 aliphatic carbocycles. The summed E-state index contributed by atoms with van der Waals surface area (Å²) in [5.74, 6) is -0.370. The van der Waals surface area contributed by atoms with Gasteiger partial charge < -0.3 is 34.3 Å². The van der Waals surface area contributed by atoms with Crippen LogP contribution in [-0.2, 0) is 32.2 Å². The van der Waals surface area contributed by atoms with Crippen molar-refractivity contribution in [2.75, 3.05) is 46.2 Å². The number of carbonyl (C=O) groups is 1. The number of rotatable bonds is 15. The van der Waals surface area contributed by atoms with E-state index < -0.39 is 5.97 Å². The Bertz CT molecular complexity index is 475. The number of aliphatic hydroxyl groups is 2. The molecule has 0 fully saturated rings. The van der Waals surface area contributed by atoms with Crippen LogP contribution in [0, 0.1) is 0 Å². The summed E-state index contributed by atoms with van der Waals surface area (Å²) in [5.41, 5.74) is 0.864. The average molecular weight is 359 g/mol. The second-order valence-electron chi connectivity index (χ2n) is 4.93. The fourth-order valence-corrected chi connectivity index (χ4v) is 1.78. The molecule has 25 heavy (non-hydrogen) atoms. The third kappa shape index (κ3) is 10.6. The number of aromatic nitrogens is 1. The third-order valence-electron chi connectivity index (χ3n) is 2.93. The summed E-state index contributed by atoms with van der Waals surface area (Å²) >= 11 is 0. The maximum Gasteiger partial charge on any atom is 0.305 e. The normalized spacial score (nSPS) is 10.8. The van der Waals surface area contributed by atoms with E-state index in [0.717, 1.165) is 0 Å². The molecule has 0 aromatic carbocycles. The molecular weight excluding hydrogens is 334 g/mol. The van der Waals surface area contributed by atoms with Gasteiger partial charge in [0.25, 0.3) is 0 Å². The highest BCUT2D eigenvalue weighted by atomic mass is 16.6. The van der Waals surface area contributed by atoms with Gasteiger partial charge in [0.05, 0.1) is 70.7 Å². The highest BCUT2D eigenvalue weighted by Gasteiger charge is 2.03. The molecule has 1 heterocycles. The Morgan fingerprint density at radius 3 is 1.80 bits per heavy atom. The molecule has 9 nitrogen and oxygen atoms in total. The van der Waals surface area contributed by atoms with Gasteiger partial charge in [-0.1, -0.05) is 0 Å². The molecule has 142 valence electrons. The molecule has 3 N–H and O–H groups in total. The van der Waals surface area contributed by atoms with E-state index in [1.807, 2.05) is 0 Å². The smallest absolute Gasteiger partial charge is 0.305 e. The van der Waals surface area contributed by atoms with Crippen LogP contribution in [0.15, 0.2) is 12.1 Å². The van der Waals surface area contributed by atoms with Gasteiger partial charge in [0, 0.05) is 12.1 Å². The zero-order chi connectivity index (χ0) is 18.3. The topological polar surface area (TPSA) is 128 Å². The molecule has 0 amide bonds. The van der Waals surface area contributed by atoms with Crippen LogP contribution in [0.3, 0.4) is 0 Å². The first kappa shape index (κ1) is 21.3. The predicted molar refractivity (Wildman–Crippen MR) is 86.3 cm³/mol. The first-order chi connectivity index (χ1) is 12.2. The lowest BCUT2D eigenvalue weighted by Gasteiger charge is -2.10. The molecule has 0 saturated carbocycles. The SMILES string of the molecule is O=C(O)CCOCCOCCOCCOc1cc(CO)nc(CO)c1. The third-order valence-corrected chi connectivity index (χ3v) is 2.93. The number of hydrogen-bond acceptors (Lipinski definition) is 8. The standard InChI is InChI=1S/C16H25NO8/c18-11-13-9-15(10-14(12-19)17-13)25-8-7-24-6-5-23-4-3-22-2-1-16(20)21/h9-10,18-19H,1-8,11-12H2,(H,20,21). The maximum atomic E-state index is 10.3. The molecule has 0 radical (unpaired) electrons. The van der Waals surface area contributed by atoms with E-state index in [9.17, 15) is 4.79 Å². The average Bonchev–Trinajstić information content (AvgIpc) is 2.62. The van der Waals surface area contributed by atoms with Crippen molar-refractivity contribution in [3.63, 3.8) is 0 Å². The van der Waals surface area contributed by atoms with E-state index in [2.05, 4.69) is 4.98 Å². The first-order valence-electron chi connectivity index (χ1n) is 7.95. The van der Waals surface area contributed by atoms with Crippen molar-refractivity contribution in [3.8, 4) is 5.75 Å². The second kappa shape index (κ2) is 13.5. The fraction of sp³-hybridized carbons (Fsp3) is 0.625. The predicted octanol–water partition coefficient (Wildman–Crippen LogP) is -0.0305. The number of nitrogens with zero attached hydrogens (tertiary/aromatic N) is 1. The fourth-order valence-electron chi connectivity index (χ4n) is 1.78. The maximum absolute atomic E-state index is 10.3. The Morgan fingerprint density at radius 1 is 0.840 bits per heavy atom. The molecule has 1 rings (SSSR count). The van der Waals surface area contributed by atoms with E-state index in [0.29, 0.717) is 56.8 Å². The Hall–Kier alpha value is -1.78. The summed E-state index contributed by atoms with van der Waals surface area (Å²) in [7, 11) is 0. The van der Waals surface area contributed by atoms with Crippen LogP contribution in [-0.4, -0.2) is 72.5 Å². The monoisotopic (exact) mass is 359 g/mol. The van der Waals surface area contributed by atoms with Crippen molar-refractivity contribution >= 4 is 5.97 Å². The number of carboxylic acids is 1. The van der Waals surface area contributed by atoms with Gasteiger partial charge in [-0.3, -0.25) is 9.78 Å². The van der Waals surface area contributed by atoms with E-state index in [1.165, 1.54) is 0 Å². The molecule has 0 aliphatic heterocycles. The Morgan fingerprint density at radius 2 is 1.32 bits per heavy atom. The van der Waals surface area contributed by atoms with Gasteiger partial charge in [-0.2, -0.15) is 0 Å². The van der Waals surface area contributed by atoms with E-state index in [-0.39, 0.29) is 26.2 Å². The summed E-state index contributed by atoms with van der Waals surface area (Å²) in [6.45, 7) is 1.94. The van der Waals surface area contributed by atoms with Crippen LogP contribution in [0.5, 0.6) is 5.75 Å². The van der Waals surface area contributed by atoms with E-state index in [4.69, 9.17) is 34.3 Å². The van der Waals surface area contributed by atoms with Gasteiger partial charge >= 0.3 is 5.97 Å². The first-order valence-corrected chi connectivity index (χ1v) is 7.95. The zero-order valence-electron chi connectivity index (χ0n) is 14.1. The van der Waals surface area contributed by atoms with Gasteiger partial charge in [0.15, 0.2) is 0 Å². The molecular formula is C16H25NO8. The minimum atomic E-state index is -0.886. The van der Waals surface area contributed by atoms with Gasteiger partial charge in [-0.15, -0.1) is 0 Å². The molecule has 1 aromatic rings. The van der Waals surface area contributed by atoms with Gasteiger partial charge in [0.2, 0.25) is 0 Å². The molecule has 0 atom stereocenters. The Kier molecular flexibility index (Phi) is 11.5. The lowest BCUT2D eigenvalue weighted by atomic mass is 10.3. The molecule has 0 spiro atoms.